The number of piperazine rings is 1. The van der Waals surface area contributed by atoms with Crippen molar-refractivity contribution >= 4 is 50.7 Å². The van der Waals surface area contributed by atoms with Crippen LogP contribution in [0.25, 0.3) is 0 Å². The molecule has 29 heavy (non-hydrogen) atoms. The third-order valence-corrected chi connectivity index (χ3v) is 5.69. The molecule has 2 aromatic rings. The first-order chi connectivity index (χ1) is 13.9. The topological polar surface area (TPSA) is 61.9 Å². The monoisotopic (exact) mass is 479 g/mol. The van der Waals surface area contributed by atoms with Crippen molar-refractivity contribution in [3.8, 4) is 5.75 Å². The average molecular weight is 481 g/mol. The fraction of sp³-hybridized carbons (Fsp3) is 0.333. The number of hydrogen-bond acceptors (Lipinski definition) is 4. The lowest BCUT2D eigenvalue weighted by atomic mass is 10.1. The number of rotatable bonds is 5. The van der Waals surface area contributed by atoms with E-state index < -0.39 is 0 Å². The summed E-state index contributed by atoms with van der Waals surface area (Å²) in [5.41, 5.74) is 1.81. The summed E-state index contributed by atoms with van der Waals surface area (Å²) in [6, 6.07) is 10.7. The van der Waals surface area contributed by atoms with E-state index in [4.69, 9.17) is 16.3 Å². The molecular formula is C21H23BrClN3O3. The molecule has 1 heterocycles. The van der Waals surface area contributed by atoms with Gasteiger partial charge in [-0.15, -0.1) is 0 Å². The van der Waals surface area contributed by atoms with Gasteiger partial charge in [0.2, 0.25) is 5.91 Å². The third-order valence-electron chi connectivity index (χ3n) is 4.89. The minimum absolute atomic E-state index is 0.152. The zero-order valence-corrected chi connectivity index (χ0v) is 18.7. The number of amides is 2. The van der Waals surface area contributed by atoms with E-state index in [1.807, 2.05) is 24.0 Å². The quantitative estimate of drug-likeness (QED) is 0.688. The molecule has 3 rings (SSSR count). The SMILES string of the molecule is CCC(=O)N1CCN(c2c(Cl)cccc2NC(=O)c2cc(Br)ccc2OC)CC1. The summed E-state index contributed by atoms with van der Waals surface area (Å²) >= 11 is 9.89. The molecule has 0 unspecified atom stereocenters. The van der Waals surface area contributed by atoms with Gasteiger partial charge >= 0.3 is 0 Å². The molecule has 1 saturated heterocycles. The number of anilines is 2. The summed E-state index contributed by atoms with van der Waals surface area (Å²) in [6.07, 6.45) is 0.502. The van der Waals surface area contributed by atoms with Crippen LogP contribution in [0, 0.1) is 0 Å². The maximum atomic E-state index is 12.9. The average Bonchev–Trinajstić information content (AvgIpc) is 2.73. The molecule has 154 valence electrons. The van der Waals surface area contributed by atoms with Crippen molar-refractivity contribution in [2.75, 3.05) is 43.5 Å². The standard InChI is InChI=1S/C21H23BrClN3O3/c1-3-19(27)25-9-11-26(12-10-25)20-16(23)5-4-6-17(20)24-21(28)15-13-14(22)7-8-18(15)29-2/h4-8,13H,3,9-12H2,1-2H3,(H,24,28). The number of para-hydroxylation sites is 1. The highest BCUT2D eigenvalue weighted by molar-refractivity contribution is 9.10. The van der Waals surface area contributed by atoms with E-state index in [2.05, 4.69) is 26.1 Å². The predicted molar refractivity (Wildman–Crippen MR) is 119 cm³/mol. The lowest BCUT2D eigenvalue weighted by molar-refractivity contribution is -0.131. The van der Waals surface area contributed by atoms with Crippen LogP contribution in [-0.4, -0.2) is 50.0 Å². The van der Waals surface area contributed by atoms with Gasteiger partial charge in [-0.25, -0.2) is 0 Å². The second-order valence-corrected chi connectivity index (χ2v) is 7.98. The molecule has 0 aromatic heterocycles. The number of carbonyl (C=O) groups excluding carboxylic acids is 2. The third kappa shape index (κ3) is 4.85. The number of ether oxygens (including phenoxy) is 1. The second kappa shape index (κ2) is 9.50. The number of carbonyl (C=O) groups is 2. The number of benzene rings is 2. The Morgan fingerprint density at radius 3 is 2.55 bits per heavy atom. The van der Waals surface area contributed by atoms with Crippen molar-refractivity contribution in [3.05, 3.63) is 51.5 Å². The number of nitrogens with zero attached hydrogens (tertiary/aromatic N) is 2. The van der Waals surface area contributed by atoms with E-state index in [0.29, 0.717) is 54.6 Å². The number of hydrogen-bond donors (Lipinski definition) is 1. The Morgan fingerprint density at radius 1 is 1.17 bits per heavy atom. The molecule has 0 bridgehead atoms. The largest absolute Gasteiger partial charge is 0.496 e. The molecule has 6 nitrogen and oxygen atoms in total. The molecule has 1 N–H and O–H groups in total. The predicted octanol–water partition coefficient (Wildman–Crippen LogP) is 4.42. The fourth-order valence-corrected chi connectivity index (χ4v) is 4.04. The zero-order chi connectivity index (χ0) is 21.0. The molecule has 2 amide bonds. The van der Waals surface area contributed by atoms with Crippen LogP contribution in [0.15, 0.2) is 40.9 Å². The van der Waals surface area contributed by atoms with E-state index in [9.17, 15) is 9.59 Å². The van der Waals surface area contributed by atoms with Gasteiger partial charge in [0, 0.05) is 37.1 Å². The van der Waals surface area contributed by atoms with E-state index >= 15 is 0 Å². The Hall–Kier alpha value is -2.25. The van der Waals surface area contributed by atoms with Crippen LogP contribution >= 0.6 is 27.5 Å². The van der Waals surface area contributed by atoms with E-state index in [1.54, 1.807) is 24.3 Å². The summed E-state index contributed by atoms with van der Waals surface area (Å²) < 4.78 is 6.10. The van der Waals surface area contributed by atoms with E-state index in [0.717, 1.165) is 10.2 Å². The minimum atomic E-state index is -0.286. The first-order valence-corrected chi connectivity index (χ1v) is 10.6. The molecule has 0 aliphatic carbocycles. The number of nitrogens with one attached hydrogen (secondary N) is 1. The van der Waals surface area contributed by atoms with Crippen molar-refractivity contribution in [2.24, 2.45) is 0 Å². The van der Waals surface area contributed by atoms with Crippen molar-refractivity contribution in [1.82, 2.24) is 4.90 Å². The fourth-order valence-electron chi connectivity index (χ4n) is 3.39. The van der Waals surface area contributed by atoms with Gasteiger partial charge in [-0.2, -0.15) is 0 Å². The number of methoxy groups -OCH3 is 1. The normalized spacial score (nSPS) is 13.9. The van der Waals surface area contributed by atoms with Crippen LogP contribution in [0.1, 0.15) is 23.7 Å². The smallest absolute Gasteiger partial charge is 0.259 e. The summed E-state index contributed by atoms with van der Waals surface area (Å²) in [7, 11) is 1.53. The maximum absolute atomic E-state index is 12.9. The van der Waals surface area contributed by atoms with Crippen molar-refractivity contribution in [1.29, 1.82) is 0 Å². The zero-order valence-electron chi connectivity index (χ0n) is 16.4. The molecule has 0 radical (unpaired) electrons. The Balaban J connectivity index is 1.83. The lowest BCUT2D eigenvalue weighted by Crippen LogP contribution is -2.48. The van der Waals surface area contributed by atoms with Crippen LogP contribution in [0.3, 0.4) is 0 Å². The molecule has 1 fully saturated rings. The van der Waals surface area contributed by atoms with Gasteiger partial charge in [-0.1, -0.05) is 40.5 Å². The molecule has 1 aliphatic rings. The van der Waals surface area contributed by atoms with Crippen LogP contribution in [0.2, 0.25) is 5.02 Å². The van der Waals surface area contributed by atoms with Gasteiger partial charge in [-0.05, 0) is 30.3 Å². The molecule has 0 atom stereocenters. The van der Waals surface area contributed by atoms with Gasteiger partial charge in [0.25, 0.3) is 5.91 Å². The van der Waals surface area contributed by atoms with Gasteiger partial charge < -0.3 is 19.9 Å². The van der Waals surface area contributed by atoms with Crippen LogP contribution in [0.4, 0.5) is 11.4 Å². The molecule has 0 saturated carbocycles. The Bertz CT molecular complexity index is 914. The van der Waals surface area contributed by atoms with Gasteiger partial charge in [0.15, 0.2) is 0 Å². The Kier molecular flexibility index (Phi) is 7.03. The van der Waals surface area contributed by atoms with Crippen molar-refractivity contribution in [3.63, 3.8) is 0 Å². The summed E-state index contributed by atoms with van der Waals surface area (Å²) in [4.78, 5) is 28.9. The lowest BCUT2D eigenvalue weighted by Gasteiger charge is -2.37. The van der Waals surface area contributed by atoms with E-state index in [1.165, 1.54) is 7.11 Å². The van der Waals surface area contributed by atoms with E-state index in [-0.39, 0.29) is 11.8 Å². The molecule has 0 spiro atoms. The first kappa shape index (κ1) is 21.5. The van der Waals surface area contributed by atoms with Gasteiger partial charge in [-0.3, -0.25) is 9.59 Å². The van der Waals surface area contributed by atoms with Crippen LogP contribution < -0.4 is 15.0 Å². The van der Waals surface area contributed by atoms with Crippen LogP contribution in [0.5, 0.6) is 5.75 Å². The van der Waals surface area contributed by atoms with Gasteiger partial charge in [0.05, 0.1) is 29.1 Å². The highest BCUT2D eigenvalue weighted by Gasteiger charge is 2.24. The van der Waals surface area contributed by atoms with Gasteiger partial charge in [0.1, 0.15) is 5.75 Å². The van der Waals surface area contributed by atoms with Crippen LogP contribution in [-0.2, 0) is 4.79 Å². The van der Waals surface area contributed by atoms with Crippen molar-refractivity contribution in [2.45, 2.75) is 13.3 Å². The highest BCUT2D eigenvalue weighted by atomic mass is 79.9. The summed E-state index contributed by atoms with van der Waals surface area (Å²) in [6.45, 7) is 4.43. The Labute approximate surface area is 183 Å². The molecular weight excluding hydrogens is 458 g/mol. The second-order valence-electron chi connectivity index (χ2n) is 6.66. The summed E-state index contributed by atoms with van der Waals surface area (Å²) in [5, 5.41) is 3.52. The Morgan fingerprint density at radius 2 is 1.90 bits per heavy atom. The molecule has 8 heteroatoms. The highest BCUT2D eigenvalue weighted by Crippen LogP contribution is 2.35. The van der Waals surface area contributed by atoms with Crippen molar-refractivity contribution < 1.29 is 14.3 Å². The summed E-state index contributed by atoms with van der Waals surface area (Å²) in [5.74, 6) is 0.353. The number of halogens is 2. The molecule has 2 aromatic carbocycles. The first-order valence-electron chi connectivity index (χ1n) is 9.40. The minimum Gasteiger partial charge on any atom is -0.496 e. The maximum Gasteiger partial charge on any atom is 0.259 e. The molecule has 1 aliphatic heterocycles.